The summed E-state index contributed by atoms with van der Waals surface area (Å²) >= 11 is 0. The van der Waals surface area contributed by atoms with Gasteiger partial charge in [0.2, 0.25) is 12.7 Å². The van der Waals surface area contributed by atoms with Gasteiger partial charge in [0, 0.05) is 44.5 Å². The molecule has 230 valence electrons. The molecule has 2 N–H and O–H groups in total. The minimum absolute atomic E-state index is 0.0428. The normalized spacial score (nSPS) is 17.2. The molecule has 3 aromatic carbocycles. The van der Waals surface area contributed by atoms with Crippen LogP contribution in [-0.4, -0.2) is 55.4 Å². The van der Waals surface area contributed by atoms with Gasteiger partial charge in [-0.15, -0.1) is 0 Å². The Bertz CT molecular complexity index is 1360. The van der Waals surface area contributed by atoms with E-state index < -0.39 is 5.97 Å². The number of benzene rings is 3. The Kier molecular flexibility index (Phi) is 11.1. The molecule has 3 aromatic rings. The molecule has 1 fully saturated rings. The van der Waals surface area contributed by atoms with E-state index in [2.05, 4.69) is 97.5 Å². The third-order valence-corrected chi connectivity index (χ3v) is 8.16. The molecule has 1 saturated heterocycles. The Morgan fingerprint density at radius 1 is 0.953 bits per heavy atom. The summed E-state index contributed by atoms with van der Waals surface area (Å²) in [4.78, 5) is 27.1. The zero-order chi connectivity index (χ0) is 30.9. The fourth-order valence-corrected chi connectivity index (χ4v) is 6.02. The number of fused-ring (bicyclic) bond motifs is 1. The van der Waals surface area contributed by atoms with Crippen molar-refractivity contribution in [1.29, 1.82) is 0 Å². The maximum atomic E-state index is 13.5. The summed E-state index contributed by atoms with van der Waals surface area (Å²) in [5.41, 5.74) is 7.06. The summed E-state index contributed by atoms with van der Waals surface area (Å²) in [5.74, 6) is 1.12. The number of carboxylic acids is 1. The van der Waals surface area contributed by atoms with Crippen LogP contribution in [0.1, 0.15) is 74.8 Å². The van der Waals surface area contributed by atoms with Crippen LogP contribution in [0.15, 0.2) is 60.7 Å². The molecular formula is C35H45N3O5. The number of carbonyl (C=O) groups excluding carboxylic acids is 1. The lowest BCUT2D eigenvalue weighted by molar-refractivity contribution is -0.134. The van der Waals surface area contributed by atoms with Gasteiger partial charge in [0.1, 0.15) is 0 Å². The summed E-state index contributed by atoms with van der Waals surface area (Å²) < 4.78 is 11.2. The van der Waals surface area contributed by atoms with Crippen molar-refractivity contribution in [2.24, 2.45) is 0 Å². The van der Waals surface area contributed by atoms with Gasteiger partial charge in [-0.05, 0) is 78.1 Å². The number of carboxylic acid groups (broad SMARTS) is 1. The van der Waals surface area contributed by atoms with Gasteiger partial charge in [0.25, 0.3) is 5.97 Å². The second-order valence-electron chi connectivity index (χ2n) is 11.2. The van der Waals surface area contributed by atoms with Crippen LogP contribution in [0.4, 0.5) is 11.4 Å². The fourth-order valence-electron chi connectivity index (χ4n) is 6.02. The van der Waals surface area contributed by atoms with E-state index in [-0.39, 0.29) is 18.7 Å². The summed E-state index contributed by atoms with van der Waals surface area (Å²) in [6, 6.07) is 21.6. The van der Waals surface area contributed by atoms with Crippen LogP contribution < -0.4 is 19.7 Å². The zero-order valence-electron chi connectivity index (χ0n) is 26.1. The van der Waals surface area contributed by atoms with E-state index in [1.807, 2.05) is 6.07 Å². The Morgan fingerprint density at radius 2 is 1.58 bits per heavy atom. The van der Waals surface area contributed by atoms with Crippen molar-refractivity contribution >= 4 is 23.3 Å². The Morgan fingerprint density at radius 3 is 2.21 bits per heavy atom. The molecule has 2 atom stereocenters. The molecule has 0 radical (unpaired) electrons. The van der Waals surface area contributed by atoms with Crippen molar-refractivity contribution in [2.75, 3.05) is 43.7 Å². The molecule has 0 saturated carbocycles. The summed E-state index contributed by atoms with van der Waals surface area (Å²) in [6.45, 7) is 10.0. The highest BCUT2D eigenvalue weighted by molar-refractivity contribution is 5.94. The van der Waals surface area contributed by atoms with E-state index in [1.165, 1.54) is 27.9 Å². The fraction of sp³-hybridized carbons (Fsp3) is 0.429. The largest absolute Gasteiger partial charge is 0.481 e. The maximum Gasteiger partial charge on any atom is 0.300 e. The lowest BCUT2D eigenvalue weighted by Gasteiger charge is -2.26. The van der Waals surface area contributed by atoms with Gasteiger partial charge in [0.05, 0.1) is 6.54 Å². The summed E-state index contributed by atoms with van der Waals surface area (Å²) in [5, 5.41) is 10.7. The topological polar surface area (TPSA) is 91.3 Å². The first kappa shape index (κ1) is 31.9. The van der Waals surface area contributed by atoms with E-state index in [9.17, 15) is 4.79 Å². The lowest BCUT2D eigenvalue weighted by Crippen LogP contribution is -2.33. The number of carbonyl (C=O) groups is 2. The lowest BCUT2D eigenvalue weighted by atomic mass is 9.93. The van der Waals surface area contributed by atoms with E-state index in [4.69, 9.17) is 19.4 Å². The molecule has 2 aliphatic heterocycles. The van der Waals surface area contributed by atoms with Gasteiger partial charge < -0.3 is 24.8 Å². The molecule has 2 aliphatic rings. The second kappa shape index (κ2) is 14.9. The van der Waals surface area contributed by atoms with Crippen LogP contribution in [-0.2, 0) is 22.4 Å². The molecule has 0 aliphatic carbocycles. The van der Waals surface area contributed by atoms with Crippen LogP contribution >= 0.6 is 0 Å². The minimum Gasteiger partial charge on any atom is -0.481 e. The van der Waals surface area contributed by atoms with Gasteiger partial charge >= 0.3 is 0 Å². The third-order valence-electron chi connectivity index (χ3n) is 8.16. The highest BCUT2D eigenvalue weighted by atomic mass is 16.7. The molecule has 0 bridgehead atoms. The van der Waals surface area contributed by atoms with Crippen molar-refractivity contribution in [3.8, 4) is 11.5 Å². The van der Waals surface area contributed by atoms with Crippen LogP contribution in [0.25, 0.3) is 0 Å². The number of hydrogen-bond acceptors (Lipinski definition) is 6. The van der Waals surface area contributed by atoms with Crippen molar-refractivity contribution < 1.29 is 24.2 Å². The Labute approximate surface area is 255 Å². The SMILES string of the molecule is CC(=O)O.CCCN(C)c1ccc(C2CC(c3ccc4c(c3)OCO4)CN2CC(=O)Nc2c(CC)cccc2CC)cc1. The number of nitrogens with zero attached hydrogens (tertiary/aromatic N) is 2. The van der Waals surface area contributed by atoms with Crippen LogP contribution in [0.3, 0.4) is 0 Å². The number of aliphatic carboxylic acids is 1. The minimum atomic E-state index is -0.833. The average Bonchev–Trinajstić information content (AvgIpc) is 3.64. The molecule has 8 nitrogen and oxygen atoms in total. The smallest absolute Gasteiger partial charge is 0.300 e. The number of rotatable bonds is 10. The maximum absolute atomic E-state index is 13.5. The first-order chi connectivity index (χ1) is 20.7. The molecule has 1 amide bonds. The van der Waals surface area contributed by atoms with Crippen LogP contribution in [0, 0.1) is 0 Å². The van der Waals surface area contributed by atoms with Crippen LogP contribution in [0.5, 0.6) is 11.5 Å². The predicted molar refractivity (Wildman–Crippen MR) is 171 cm³/mol. The summed E-state index contributed by atoms with van der Waals surface area (Å²) in [7, 11) is 2.14. The molecule has 2 heterocycles. The van der Waals surface area contributed by atoms with Crippen molar-refractivity contribution in [1.82, 2.24) is 4.90 Å². The molecule has 2 unspecified atom stereocenters. The number of amides is 1. The van der Waals surface area contributed by atoms with Gasteiger partial charge in [-0.1, -0.05) is 57.2 Å². The van der Waals surface area contributed by atoms with Gasteiger partial charge in [0.15, 0.2) is 11.5 Å². The van der Waals surface area contributed by atoms with Crippen molar-refractivity contribution in [3.05, 3.63) is 82.9 Å². The predicted octanol–water partition coefficient (Wildman–Crippen LogP) is 6.65. The number of hydrogen-bond donors (Lipinski definition) is 2. The molecule has 0 spiro atoms. The first-order valence-electron chi connectivity index (χ1n) is 15.3. The number of para-hydroxylation sites is 1. The monoisotopic (exact) mass is 587 g/mol. The summed E-state index contributed by atoms with van der Waals surface area (Å²) in [6.07, 6.45) is 3.84. The van der Waals surface area contributed by atoms with Gasteiger partial charge in [-0.2, -0.15) is 0 Å². The number of likely N-dealkylation sites (tertiary alicyclic amines) is 1. The van der Waals surface area contributed by atoms with E-state index in [0.717, 1.165) is 62.9 Å². The number of ether oxygens (including phenoxy) is 2. The molecule has 5 rings (SSSR count). The second-order valence-corrected chi connectivity index (χ2v) is 11.2. The van der Waals surface area contributed by atoms with Crippen molar-refractivity contribution in [2.45, 2.75) is 65.3 Å². The average molecular weight is 588 g/mol. The third kappa shape index (κ3) is 8.08. The molecule has 8 heteroatoms. The van der Waals surface area contributed by atoms with E-state index >= 15 is 0 Å². The Hall–Kier alpha value is -4.04. The number of aryl methyl sites for hydroxylation is 2. The van der Waals surface area contributed by atoms with E-state index in [0.29, 0.717) is 12.5 Å². The van der Waals surface area contributed by atoms with Gasteiger partial charge in [-0.3, -0.25) is 14.5 Å². The molecule has 0 aromatic heterocycles. The zero-order valence-corrected chi connectivity index (χ0v) is 26.1. The number of nitrogens with one attached hydrogen (secondary N) is 1. The quantitative estimate of drug-likeness (QED) is 0.275. The standard InChI is InChI=1S/C33H41N3O3.C2H4O2/c1-5-17-35(4)28-14-11-25(12-15-28)29-18-27(26-13-16-30-31(19-26)39-22-38-30)20-36(29)21-32(37)34-33-23(6-2)9-8-10-24(33)7-3;1-2(3)4/h8-16,19,27,29H,5-7,17-18,20-22H2,1-4H3,(H,34,37);1H3,(H,3,4). The van der Waals surface area contributed by atoms with Gasteiger partial charge in [-0.25, -0.2) is 0 Å². The molecule has 43 heavy (non-hydrogen) atoms. The Balaban J connectivity index is 0.000000996. The first-order valence-corrected chi connectivity index (χ1v) is 15.3. The van der Waals surface area contributed by atoms with Crippen LogP contribution in [0.2, 0.25) is 0 Å². The van der Waals surface area contributed by atoms with Crippen molar-refractivity contribution in [3.63, 3.8) is 0 Å². The van der Waals surface area contributed by atoms with E-state index in [1.54, 1.807) is 0 Å². The number of anilines is 2. The highest BCUT2D eigenvalue weighted by Gasteiger charge is 2.35. The molecular weight excluding hydrogens is 542 g/mol. The highest BCUT2D eigenvalue weighted by Crippen LogP contribution is 2.43.